The Balaban J connectivity index is 2.80. The molecule has 1 aromatic rings. The number of amides is 1. The molecule has 1 unspecified atom stereocenters. The summed E-state index contributed by atoms with van der Waals surface area (Å²) < 4.78 is 1.02. The predicted molar refractivity (Wildman–Crippen MR) is 76.7 cm³/mol. The molecule has 0 spiro atoms. The second-order valence-corrected chi connectivity index (χ2v) is 8.10. The first-order valence-electron chi connectivity index (χ1n) is 4.96. The lowest BCUT2D eigenvalue weighted by Crippen LogP contribution is -2.48. The molecule has 1 N–H and O–H groups in total. The van der Waals surface area contributed by atoms with Crippen LogP contribution in [0, 0.1) is 6.92 Å². The molecule has 1 rings (SSSR count). The van der Waals surface area contributed by atoms with Crippen LogP contribution in [0.25, 0.3) is 0 Å². The fourth-order valence-electron chi connectivity index (χ4n) is 1.03. The van der Waals surface area contributed by atoms with Crippen molar-refractivity contribution in [3.63, 3.8) is 0 Å². The normalized spacial score (nSPS) is 13.6. The van der Waals surface area contributed by atoms with Crippen molar-refractivity contribution in [2.75, 3.05) is 0 Å². The van der Waals surface area contributed by atoms with Crippen LogP contribution in [0.4, 0.5) is 0 Å². The maximum Gasteiger partial charge on any atom is 0.261 e. The van der Waals surface area contributed by atoms with Gasteiger partial charge in [0.2, 0.25) is 0 Å². The van der Waals surface area contributed by atoms with E-state index in [2.05, 4.69) is 37.2 Å². The van der Waals surface area contributed by atoms with Gasteiger partial charge in [0.15, 0.2) is 0 Å². The Labute approximate surface area is 117 Å². The van der Waals surface area contributed by atoms with Crippen LogP contribution in [0.1, 0.15) is 36.0 Å². The molecule has 0 aromatic carbocycles. The predicted octanol–water partition coefficient (Wildman–Crippen LogP) is 4.11. The van der Waals surface area contributed by atoms with Crippen molar-refractivity contribution in [3.05, 3.63) is 20.3 Å². The molecular formula is C11H15Br2NOS. The van der Waals surface area contributed by atoms with Crippen LogP contribution in [0.2, 0.25) is 0 Å². The van der Waals surface area contributed by atoms with Gasteiger partial charge in [0.05, 0.1) is 8.66 Å². The van der Waals surface area contributed by atoms with Gasteiger partial charge in [-0.05, 0) is 48.3 Å². The van der Waals surface area contributed by atoms with Gasteiger partial charge in [-0.15, -0.1) is 11.3 Å². The molecule has 16 heavy (non-hydrogen) atoms. The Morgan fingerprint density at radius 2 is 2.12 bits per heavy atom. The molecular weight excluding hydrogens is 354 g/mol. The zero-order chi connectivity index (χ0) is 12.5. The second-order valence-electron chi connectivity index (χ2n) is 4.36. The summed E-state index contributed by atoms with van der Waals surface area (Å²) in [7, 11) is 0. The molecule has 0 bridgehead atoms. The number of hydrogen-bond donors (Lipinski definition) is 1. The first-order valence-corrected chi connectivity index (χ1v) is 7.49. The van der Waals surface area contributed by atoms with Crippen molar-refractivity contribution in [1.29, 1.82) is 0 Å². The van der Waals surface area contributed by atoms with Crippen LogP contribution < -0.4 is 5.32 Å². The number of nitrogens with one attached hydrogen (secondary N) is 1. The van der Waals surface area contributed by atoms with Crippen LogP contribution in [0.15, 0.2) is 9.85 Å². The summed E-state index contributed by atoms with van der Waals surface area (Å²) in [6.45, 7) is 8.01. The van der Waals surface area contributed by atoms with Crippen LogP contribution in [-0.2, 0) is 0 Å². The maximum atomic E-state index is 12.0. The molecule has 1 heterocycles. The lowest BCUT2D eigenvalue weighted by Gasteiger charge is -2.28. The van der Waals surface area contributed by atoms with Gasteiger partial charge in [-0.1, -0.05) is 22.9 Å². The average molecular weight is 369 g/mol. The first-order chi connectivity index (χ1) is 7.24. The highest BCUT2D eigenvalue weighted by molar-refractivity contribution is 9.11. The number of carbonyl (C=O) groups is 1. The van der Waals surface area contributed by atoms with Gasteiger partial charge in [0.25, 0.3) is 5.91 Å². The Hall–Kier alpha value is 0.130. The number of thiophene rings is 1. The number of alkyl halides is 1. The summed E-state index contributed by atoms with van der Waals surface area (Å²) in [4.78, 5) is 12.9. The van der Waals surface area contributed by atoms with Gasteiger partial charge >= 0.3 is 0 Å². The van der Waals surface area contributed by atoms with E-state index in [4.69, 9.17) is 0 Å². The Bertz CT molecular complexity index is 379. The fourth-order valence-corrected chi connectivity index (χ4v) is 2.57. The first kappa shape index (κ1) is 14.2. The summed E-state index contributed by atoms with van der Waals surface area (Å²) in [5, 5.41) is 3.02. The summed E-state index contributed by atoms with van der Waals surface area (Å²) in [6, 6.07) is 1.90. The van der Waals surface area contributed by atoms with Crippen molar-refractivity contribution >= 4 is 49.1 Å². The molecule has 1 amide bonds. The number of rotatable bonds is 3. The van der Waals surface area contributed by atoms with Crippen LogP contribution in [0.5, 0.6) is 0 Å². The monoisotopic (exact) mass is 367 g/mol. The van der Waals surface area contributed by atoms with Crippen LogP contribution >= 0.6 is 43.2 Å². The van der Waals surface area contributed by atoms with Crippen LogP contribution in [-0.4, -0.2) is 16.3 Å². The summed E-state index contributed by atoms with van der Waals surface area (Å²) in [6.07, 6.45) is 0. The Kier molecular flexibility index (Phi) is 4.60. The Morgan fingerprint density at radius 1 is 1.56 bits per heavy atom. The van der Waals surface area contributed by atoms with Crippen molar-refractivity contribution in [1.82, 2.24) is 5.32 Å². The molecule has 5 heteroatoms. The van der Waals surface area contributed by atoms with E-state index in [1.807, 2.05) is 33.8 Å². The summed E-state index contributed by atoms with van der Waals surface area (Å²) in [5.74, 6) is -0.0184. The highest BCUT2D eigenvalue weighted by Gasteiger charge is 2.26. The van der Waals surface area contributed by atoms with E-state index >= 15 is 0 Å². The average Bonchev–Trinajstić information content (AvgIpc) is 2.46. The number of aryl methyl sites for hydroxylation is 1. The van der Waals surface area contributed by atoms with E-state index in [1.54, 1.807) is 0 Å². The lowest BCUT2D eigenvalue weighted by molar-refractivity contribution is 0.0918. The third-order valence-corrected chi connectivity index (χ3v) is 5.79. The summed E-state index contributed by atoms with van der Waals surface area (Å²) in [5.41, 5.74) is 0.835. The molecule has 0 saturated heterocycles. The van der Waals surface area contributed by atoms with Gasteiger partial charge in [-0.25, -0.2) is 0 Å². The van der Waals surface area contributed by atoms with E-state index in [9.17, 15) is 4.79 Å². The fraction of sp³-hybridized carbons (Fsp3) is 0.545. The topological polar surface area (TPSA) is 29.1 Å². The number of hydrogen-bond acceptors (Lipinski definition) is 2. The van der Waals surface area contributed by atoms with Gasteiger partial charge in [-0.2, -0.15) is 0 Å². The van der Waals surface area contributed by atoms with E-state index in [-0.39, 0.29) is 16.3 Å². The van der Waals surface area contributed by atoms with E-state index < -0.39 is 0 Å². The van der Waals surface area contributed by atoms with Crippen molar-refractivity contribution < 1.29 is 4.79 Å². The third-order valence-electron chi connectivity index (χ3n) is 2.51. The highest BCUT2D eigenvalue weighted by atomic mass is 79.9. The van der Waals surface area contributed by atoms with Crippen LogP contribution in [0.3, 0.4) is 0 Å². The summed E-state index contributed by atoms with van der Waals surface area (Å²) >= 11 is 8.38. The molecule has 90 valence electrons. The molecule has 0 aliphatic carbocycles. The standard InChI is InChI=1S/C11H15Br2NOS/c1-6-5-8(16-9(6)13)10(15)14-11(3,4)7(2)12/h5,7H,1-4H3,(H,14,15). The van der Waals surface area contributed by atoms with Crippen molar-refractivity contribution in [2.24, 2.45) is 0 Å². The number of halogens is 2. The zero-order valence-corrected chi connectivity index (χ0v) is 13.7. The highest BCUT2D eigenvalue weighted by Crippen LogP contribution is 2.28. The minimum absolute atomic E-state index is 0.0184. The van der Waals surface area contributed by atoms with Gasteiger partial charge < -0.3 is 5.32 Å². The van der Waals surface area contributed by atoms with Gasteiger partial charge in [0, 0.05) is 10.4 Å². The molecule has 0 saturated carbocycles. The molecule has 2 nitrogen and oxygen atoms in total. The lowest BCUT2D eigenvalue weighted by atomic mass is 10.0. The van der Waals surface area contributed by atoms with Crippen molar-refractivity contribution in [2.45, 2.75) is 38.1 Å². The van der Waals surface area contributed by atoms with Gasteiger partial charge in [-0.3, -0.25) is 4.79 Å². The largest absolute Gasteiger partial charge is 0.345 e. The Morgan fingerprint density at radius 3 is 2.50 bits per heavy atom. The van der Waals surface area contributed by atoms with E-state index in [0.717, 1.165) is 14.2 Å². The molecule has 0 aliphatic rings. The SMILES string of the molecule is Cc1cc(C(=O)NC(C)(C)C(C)Br)sc1Br. The minimum atomic E-state index is -0.262. The quantitative estimate of drug-likeness (QED) is 0.799. The zero-order valence-electron chi connectivity index (χ0n) is 9.73. The van der Waals surface area contributed by atoms with Gasteiger partial charge in [0.1, 0.15) is 0 Å². The second kappa shape index (κ2) is 5.19. The van der Waals surface area contributed by atoms with Crippen molar-refractivity contribution in [3.8, 4) is 0 Å². The number of carbonyl (C=O) groups excluding carboxylic acids is 1. The van der Waals surface area contributed by atoms with E-state index in [0.29, 0.717) is 0 Å². The molecule has 0 radical (unpaired) electrons. The van der Waals surface area contributed by atoms with E-state index in [1.165, 1.54) is 11.3 Å². The maximum absolute atomic E-state index is 12.0. The third kappa shape index (κ3) is 3.31. The molecule has 1 aromatic heterocycles. The smallest absolute Gasteiger partial charge is 0.261 e. The minimum Gasteiger partial charge on any atom is -0.345 e. The molecule has 1 atom stereocenters. The molecule has 0 fully saturated rings. The molecule has 0 aliphatic heterocycles.